The van der Waals surface area contributed by atoms with E-state index in [0.717, 1.165) is 13.0 Å². The molecule has 0 bridgehead atoms. The summed E-state index contributed by atoms with van der Waals surface area (Å²) in [5.74, 6) is 0.0251. The van der Waals surface area contributed by atoms with Crippen LogP contribution in [0.25, 0.3) is 0 Å². The normalized spacial score (nSPS) is 20.3. The number of anilines is 1. The molecule has 3 nitrogen and oxygen atoms in total. The van der Waals surface area contributed by atoms with Crippen molar-refractivity contribution in [1.82, 2.24) is 4.90 Å². The molecule has 0 radical (unpaired) electrons. The molecule has 104 valence electrons. The number of nitrogens with zero attached hydrogens (tertiary/aromatic N) is 1. The molecule has 0 aromatic heterocycles. The first-order valence-corrected chi connectivity index (χ1v) is 7.27. The molecule has 1 N–H and O–H groups in total. The Kier molecular flexibility index (Phi) is 5.08. The summed E-state index contributed by atoms with van der Waals surface area (Å²) < 4.78 is 0. The van der Waals surface area contributed by atoms with E-state index in [9.17, 15) is 4.79 Å². The molecule has 1 aliphatic heterocycles. The highest BCUT2D eigenvalue weighted by atomic mass is 35.5. The van der Waals surface area contributed by atoms with Gasteiger partial charge in [-0.15, -0.1) is 0 Å². The van der Waals surface area contributed by atoms with Gasteiger partial charge in [-0.3, -0.25) is 4.79 Å². The minimum Gasteiger partial charge on any atom is -0.326 e. The lowest BCUT2D eigenvalue weighted by Gasteiger charge is -2.31. The van der Waals surface area contributed by atoms with Gasteiger partial charge in [-0.2, -0.15) is 0 Å². The van der Waals surface area contributed by atoms with Crippen LogP contribution in [0.5, 0.6) is 0 Å². The van der Waals surface area contributed by atoms with Gasteiger partial charge >= 0.3 is 0 Å². The highest BCUT2D eigenvalue weighted by molar-refractivity contribution is 6.42. The lowest BCUT2D eigenvalue weighted by atomic mass is 10.00. The van der Waals surface area contributed by atoms with Crippen molar-refractivity contribution in [2.45, 2.75) is 31.7 Å². The monoisotopic (exact) mass is 300 g/mol. The Morgan fingerprint density at radius 1 is 1.37 bits per heavy atom. The van der Waals surface area contributed by atoms with E-state index in [1.54, 1.807) is 18.2 Å². The molecule has 19 heavy (non-hydrogen) atoms. The van der Waals surface area contributed by atoms with Crippen LogP contribution in [-0.2, 0) is 4.79 Å². The van der Waals surface area contributed by atoms with Crippen molar-refractivity contribution in [1.29, 1.82) is 0 Å². The zero-order valence-electron chi connectivity index (χ0n) is 11.0. The summed E-state index contributed by atoms with van der Waals surface area (Å²) in [6, 6.07) is 5.46. The highest BCUT2D eigenvalue weighted by Crippen LogP contribution is 2.25. The van der Waals surface area contributed by atoms with Gasteiger partial charge in [0.05, 0.1) is 10.0 Å². The number of hydrogen-bond donors (Lipinski definition) is 1. The van der Waals surface area contributed by atoms with Crippen molar-refractivity contribution in [3.05, 3.63) is 28.2 Å². The summed E-state index contributed by atoms with van der Waals surface area (Å²) >= 11 is 11.8. The summed E-state index contributed by atoms with van der Waals surface area (Å²) in [5, 5.41) is 3.81. The van der Waals surface area contributed by atoms with E-state index < -0.39 is 0 Å². The van der Waals surface area contributed by atoms with Gasteiger partial charge in [-0.05, 0) is 44.6 Å². The van der Waals surface area contributed by atoms with Crippen LogP contribution in [0.4, 0.5) is 5.69 Å². The van der Waals surface area contributed by atoms with Gasteiger partial charge < -0.3 is 10.2 Å². The van der Waals surface area contributed by atoms with Crippen molar-refractivity contribution in [3.8, 4) is 0 Å². The van der Waals surface area contributed by atoms with Crippen molar-refractivity contribution in [2.75, 3.05) is 18.9 Å². The molecule has 0 saturated carbocycles. The molecule has 5 heteroatoms. The van der Waals surface area contributed by atoms with Gasteiger partial charge in [-0.1, -0.05) is 29.6 Å². The van der Waals surface area contributed by atoms with E-state index in [4.69, 9.17) is 23.2 Å². The highest BCUT2D eigenvalue weighted by Gasteiger charge is 2.21. The molecule has 1 aromatic carbocycles. The summed E-state index contributed by atoms with van der Waals surface area (Å²) in [5.41, 5.74) is 0.692. The van der Waals surface area contributed by atoms with Crippen molar-refractivity contribution >= 4 is 34.8 Å². The zero-order valence-corrected chi connectivity index (χ0v) is 12.5. The van der Waals surface area contributed by atoms with Crippen molar-refractivity contribution in [3.63, 3.8) is 0 Å². The Labute approximate surface area is 123 Å². The Morgan fingerprint density at radius 2 is 2.16 bits per heavy atom. The summed E-state index contributed by atoms with van der Waals surface area (Å²) in [4.78, 5) is 14.3. The molecule has 0 aliphatic carbocycles. The molecule has 0 spiro atoms. The molecule has 1 aliphatic rings. The molecule has 1 fully saturated rings. The van der Waals surface area contributed by atoms with Crippen LogP contribution in [0.15, 0.2) is 18.2 Å². The second-order valence-electron chi connectivity index (χ2n) is 5.01. The number of benzene rings is 1. The minimum atomic E-state index is 0.0251. The zero-order chi connectivity index (χ0) is 13.8. The fourth-order valence-corrected chi connectivity index (χ4v) is 2.70. The quantitative estimate of drug-likeness (QED) is 0.921. The summed E-state index contributed by atoms with van der Waals surface area (Å²) in [6.45, 7) is 1.07. The number of likely N-dealkylation sites (tertiary alicyclic amines) is 1. The molecule has 1 aromatic rings. The first kappa shape index (κ1) is 14.6. The van der Waals surface area contributed by atoms with Crippen LogP contribution in [0.3, 0.4) is 0 Å². The van der Waals surface area contributed by atoms with E-state index in [0.29, 0.717) is 28.2 Å². The summed E-state index contributed by atoms with van der Waals surface area (Å²) in [6.07, 6.45) is 4.04. The number of nitrogens with one attached hydrogen (secondary N) is 1. The fourth-order valence-electron chi connectivity index (χ4n) is 2.40. The average Bonchev–Trinajstić information content (AvgIpc) is 2.37. The van der Waals surface area contributed by atoms with Crippen molar-refractivity contribution in [2.24, 2.45) is 0 Å². The molecule has 2 rings (SSSR count). The lowest BCUT2D eigenvalue weighted by Crippen LogP contribution is -2.38. The number of rotatable bonds is 3. The van der Waals surface area contributed by atoms with Crippen LogP contribution in [0.2, 0.25) is 10.0 Å². The van der Waals surface area contributed by atoms with E-state index in [-0.39, 0.29) is 5.91 Å². The van der Waals surface area contributed by atoms with Gasteiger partial charge in [0.15, 0.2) is 0 Å². The first-order chi connectivity index (χ1) is 9.06. The number of carbonyl (C=O) groups is 1. The number of amides is 1. The number of hydrogen-bond acceptors (Lipinski definition) is 2. The van der Waals surface area contributed by atoms with Crippen LogP contribution in [0, 0.1) is 0 Å². The van der Waals surface area contributed by atoms with Crippen LogP contribution < -0.4 is 5.32 Å². The minimum absolute atomic E-state index is 0.0251. The number of carbonyl (C=O) groups excluding carboxylic acids is 1. The average molecular weight is 301 g/mol. The largest absolute Gasteiger partial charge is 0.326 e. The second kappa shape index (κ2) is 6.60. The van der Waals surface area contributed by atoms with Crippen LogP contribution in [0.1, 0.15) is 25.7 Å². The molecule has 1 atom stereocenters. The maximum absolute atomic E-state index is 12.0. The van der Waals surface area contributed by atoms with E-state index in [1.165, 1.54) is 12.8 Å². The molecule has 1 unspecified atom stereocenters. The first-order valence-electron chi connectivity index (χ1n) is 6.51. The lowest BCUT2D eigenvalue weighted by molar-refractivity contribution is -0.117. The smallest absolute Gasteiger partial charge is 0.225 e. The van der Waals surface area contributed by atoms with Gasteiger partial charge in [-0.25, -0.2) is 0 Å². The Morgan fingerprint density at radius 3 is 2.84 bits per heavy atom. The van der Waals surface area contributed by atoms with Crippen LogP contribution >= 0.6 is 23.2 Å². The predicted molar refractivity (Wildman–Crippen MR) is 80.0 cm³/mol. The predicted octanol–water partition coefficient (Wildman–Crippen LogP) is 3.81. The van der Waals surface area contributed by atoms with Crippen molar-refractivity contribution < 1.29 is 4.79 Å². The molecular formula is C14H18Cl2N2O. The SMILES string of the molecule is CN1CCCCC1CC(=O)Nc1ccc(Cl)c(Cl)c1. The maximum atomic E-state index is 12.0. The van der Waals surface area contributed by atoms with Crippen LogP contribution in [-0.4, -0.2) is 30.4 Å². The van der Waals surface area contributed by atoms with E-state index >= 15 is 0 Å². The third-order valence-corrected chi connectivity index (χ3v) is 4.28. The number of piperidine rings is 1. The molecule has 1 amide bonds. The maximum Gasteiger partial charge on any atom is 0.225 e. The number of halogens is 2. The molecular weight excluding hydrogens is 283 g/mol. The molecule has 1 heterocycles. The third-order valence-electron chi connectivity index (χ3n) is 3.55. The topological polar surface area (TPSA) is 32.3 Å². The summed E-state index contributed by atoms with van der Waals surface area (Å²) in [7, 11) is 2.08. The van der Waals surface area contributed by atoms with Gasteiger partial charge in [0.2, 0.25) is 5.91 Å². The Hall–Kier alpha value is -0.770. The van der Waals surface area contributed by atoms with Gasteiger partial charge in [0.25, 0.3) is 0 Å². The fraction of sp³-hybridized carbons (Fsp3) is 0.500. The second-order valence-corrected chi connectivity index (χ2v) is 5.83. The van der Waals surface area contributed by atoms with E-state index in [2.05, 4.69) is 17.3 Å². The Balaban J connectivity index is 1.91. The van der Waals surface area contributed by atoms with Gasteiger partial charge in [0, 0.05) is 18.2 Å². The Bertz CT molecular complexity index is 465. The standard InChI is InChI=1S/C14H18Cl2N2O/c1-18-7-3-2-4-11(18)9-14(19)17-10-5-6-12(15)13(16)8-10/h5-6,8,11H,2-4,7,9H2,1H3,(H,17,19). The molecule has 1 saturated heterocycles. The third kappa shape index (κ3) is 4.10. The van der Waals surface area contributed by atoms with E-state index in [1.807, 2.05) is 0 Å². The van der Waals surface area contributed by atoms with Gasteiger partial charge in [0.1, 0.15) is 0 Å².